The van der Waals surface area contributed by atoms with E-state index in [0.717, 1.165) is 12.8 Å². The van der Waals surface area contributed by atoms with Crippen LogP contribution in [0.2, 0.25) is 0 Å². The first-order valence-electron chi connectivity index (χ1n) is 6.59. The minimum Gasteiger partial charge on any atom is -0.0801 e. The second kappa shape index (κ2) is 4.45. The Hall–Kier alpha value is -1.82. The summed E-state index contributed by atoms with van der Waals surface area (Å²) in [6.45, 7) is 4.45. The zero-order valence-electron chi connectivity index (χ0n) is 11.0. The minimum atomic E-state index is 1.07. The van der Waals surface area contributed by atoms with Crippen molar-refractivity contribution in [3.05, 3.63) is 70.8 Å². The van der Waals surface area contributed by atoms with Crippen molar-refractivity contribution in [2.45, 2.75) is 26.7 Å². The summed E-state index contributed by atoms with van der Waals surface area (Å²) in [6.07, 6.45) is 11.1. The predicted molar refractivity (Wildman–Crippen MR) is 79.1 cm³/mol. The van der Waals surface area contributed by atoms with E-state index in [1.54, 1.807) is 0 Å². The molecule has 0 spiro atoms. The van der Waals surface area contributed by atoms with Gasteiger partial charge in [-0.05, 0) is 54.5 Å². The first-order valence-corrected chi connectivity index (χ1v) is 6.59. The lowest BCUT2D eigenvalue weighted by Gasteiger charge is -2.13. The van der Waals surface area contributed by atoms with E-state index in [-0.39, 0.29) is 0 Å². The standard InChI is InChI=1S/C18H18/c1-13-11-12-16(14(13)2)18-10-6-5-9-17(18)15-7-3-4-8-15/h3-7,9-11H,8,12H2,1-2H3. The van der Waals surface area contributed by atoms with Gasteiger partial charge in [0.1, 0.15) is 0 Å². The van der Waals surface area contributed by atoms with Gasteiger partial charge in [-0.2, -0.15) is 0 Å². The topological polar surface area (TPSA) is 0 Å². The quantitative estimate of drug-likeness (QED) is 0.663. The number of hydrogen-bond donors (Lipinski definition) is 0. The van der Waals surface area contributed by atoms with Gasteiger partial charge in [0, 0.05) is 0 Å². The van der Waals surface area contributed by atoms with Gasteiger partial charge in [-0.3, -0.25) is 0 Å². The van der Waals surface area contributed by atoms with E-state index in [9.17, 15) is 0 Å². The third-order valence-electron chi connectivity index (χ3n) is 4.03. The first-order chi connectivity index (χ1) is 8.77. The lowest BCUT2D eigenvalue weighted by atomic mass is 9.91. The Kier molecular flexibility index (Phi) is 2.79. The van der Waals surface area contributed by atoms with Gasteiger partial charge in [-0.1, -0.05) is 54.1 Å². The second-order valence-electron chi connectivity index (χ2n) is 5.06. The van der Waals surface area contributed by atoms with E-state index in [4.69, 9.17) is 0 Å². The second-order valence-corrected chi connectivity index (χ2v) is 5.06. The molecular weight excluding hydrogens is 216 g/mol. The van der Waals surface area contributed by atoms with E-state index in [2.05, 4.69) is 62.4 Å². The number of hydrogen-bond acceptors (Lipinski definition) is 0. The maximum Gasteiger partial charge on any atom is -0.00827 e. The molecule has 0 atom stereocenters. The van der Waals surface area contributed by atoms with Crippen molar-refractivity contribution in [3.8, 4) is 0 Å². The molecule has 0 unspecified atom stereocenters. The molecule has 0 heterocycles. The highest BCUT2D eigenvalue weighted by Gasteiger charge is 2.16. The molecule has 0 saturated carbocycles. The van der Waals surface area contributed by atoms with Crippen LogP contribution in [0.25, 0.3) is 11.1 Å². The summed E-state index contributed by atoms with van der Waals surface area (Å²) < 4.78 is 0. The summed E-state index contributed by atoms with van der Waals surface area (Å²) >= 11 is 0. The Bertz CT molecular complexity index is 607. The molecule has 1 aromatic carbocycles. The summed E-state index contributed by atoms with van der Waals surface area (Å²) in [6, 6.07) is 8.81. The van der Waals surface area contributed by atoms with Gasteiger partial charge in [0.2, 0.25) is 0 Å². The van der Waals surface area contributed by atoms with Crippen LogP contribution in [-0.2, 0) is 0 Å². The molecule has 0 radical (unpaired) electrons. The minimum absolute atomic E-state index is 1.07. The molecule has 3 rings (SSSR count). The van der Waals surface area contributed by atoms with Crippen LogP contribution in [0.15, 0.2) is 59.7 Å². The summed E-state index contributed by atoms with van der Waals surface area (Å²) in [4.78, 5) is 0. The van der Waals surface area contributed by atoms with Crippen LogP contribution in [0, 0.1) is 0 Å². The van der Waals surface area contributed by atoms with Gasteiger partial charge >= 0.3 is 0 Å². The van der Waals surface area contributed by atoms with Gasteiger partial charge in [0.05, 0.1) is 0 Å². The summed E-state index contributed by atoms with van der Waals surface area (Å²) in [5.74, 6) is 0. The molecular formula is C18H18. The maximum atomic E-state index is 2.34. The fourth-order valence-electron chi connectivity index (χ4n) is 2.78. The first kappa shape index (κ1) is 11.3. The largest absolute Gasteiger partial charge is 0.0801 e. The number of rotatable bonds is 2. The van der Waals surface area contributed by atoms with Crippen molar-refractivity contribution < 1.29 is 0 Å². The van der Waals surface area contributed by atoms with Crippen molar-refractivity contribution in [3.63, 3.8) is 0 Å². The van der Waals surface area contributed by atoms with Crippen molar-refractivity contribution in [1.82, 2.24) is 0 Å². The van der Waals surface area contributed by atoms with Gasteiger partial charge in [-0.25, -0.2) is 0 Å². The predicted octanol–water partition coefficient (Wildman–Crippen LogP) is 5.15. The monoisotopic (exact) mass is 234 g/mol. The molecule has 0 nitrogen and oxygen atoms in total. The summed E-state index contributed by atoms with van der Waals surface area (Å²) in [5, 5.41) is 0. The maximum absolute atomic E-state index is 2.34. The van der Waals surface area contributed by atoms with E-state index in [0.29, 0.717) is 0 Å². The third-order valence-corrected chi connectivity index (χ3v) is 4.03. The van der Waals surface area contributed by atoms with Crippen molar-refractivity contribution in [1.29, 1.82) is 0 Å². The van der Waals surface area contributed by atoms with Crippen molar-refractivity contribution in [2.24, 2.45) is 0 Å². The average Bonchev–Trinajstić information content (AvgIpc) is 3.02. The van der Waals surface area contributed by atoms with Crippen LogP contribution < -0.4 is 0 Å². The Morgan fingerprint density at radius 3 is 2.33 bits per heavy atom. The zero-order chi connectivity index (χ0) is 12.5. The van der Waals surface area contributed by atoms with Crippen LogP contribution in [0.4, 0.5) is 0 Å². The molecule has 0 fully saturated rings. The summed E-state index contributed by atoms with van der Waals surface area (Å²) in [7, 11) is 0. The SMILES string of the molecule is CC1=CCC(c2ccccc2C2=CC=CC2)=C1C. The van der Waals surface area contributed by atoms with Crippen LogP contribution in [-0.4, -0.2) is 0 Å². The normalized spacial score (nSPS) is 18.3. The highest BCUT2D eigenvalue weighted by molar-refractivity contribution is 5.85. The molecule has 2 aliphatic rings. The molecule has 0 heteroatoms. The third kappa shape index (κ3) is 1.78. The smallest absolute Gasteiger partial charge is 0.00827 e. The molecule has 0 saturated heterocycles. The van der Waals surface area contributed by atoms with Gasteiger partial charge < -0.3 is 0 Å². The van der Waals surface area contributed by atoms with Crippen LogP contribution >= 0.6 is 0 Å². The lowest BCUT2D eigenvalue weighted by Crippen LogP contribution is -1.92. The Morgan fingerprint density at radius 2 is 1.72 bits per heavy atom. The van der Waals surface area contributed by atoms with Crippen LogP contribution in [0.3, 0.4) is 0 Å². The van der Waals surface area contributed by atoms with E-state index < -0.39 is 0 Å². The Labute approximate surface area is 109 Å². The van der Waals surface area contributed by atoms with Crippen molar-refractivity contribution in [2.75, 3.05) is 0 Å². The fraction of sp³-hybridized carbons (Fsp3) is 0.222. The van der Waals surface area contributed by atoms with E-state index in [1.165, 1.54) is 33.4 Å². The van der Waals surface area contributed by atoms with E-state index >= 15 is 0 Å². The summed E-state index contributed by atoms with van der Waals surface area (Å²) in [5.41, 5.74) is 8.64. The molecule has 0 N–H and O–H groups in total. The highest BCUT2D eigenvalue weighted by atomic mass is 14.2. The Balaban J connectivity index is 2.09. The van der Waals surface area contributed by atoms with Gasteiger partial charge in [0.25, 0.3) is 0 Å². The molecule has 18 heavy (non-hydrogen) atoms. The molecule has 1 aromatic rings. The molecule has 90 valence electrons. The van der Waals surface area contributed by atoms with Gasteiger partial charge in [-0.15, -0.1) is 0 Å². The molecule has 0 bridgehead atoms. The number of allylic oxidation sites excluding steroid dienone is 8. The molecule has 2 aliphatic carbocycles. The molecule has 0 aromatic heterocycles. The number of benzene rings is 1. The fourth-order valence-corrected chi connectivity index (χ4v) is 2.78. The van der Waals surface area contributed by atoms with Gasteiger partial charge in [0.15, 0.2) is 0 Å². The Morgan fingerprint density at radius 1 is 0.944 bits per heavy atom. The highest BCUT2D eigenvalue weighted by Crippen LogP contribution is 2.37. The van der Waals surface area contributed by atoms with Crippen LogP contribution in [0.1, 0.15) is 37.8 Å². The molecule has 0 aliphatic heterocycles. The van der Waals surface area contributed by atoms with Crippen LogP contribution in [0.5, 0.6) is 0 Å². The zero-order valence-corrected chi connectivity index (χ0v) is 11.0. The molecule has 0 amide bonds. The van der Waals surface area contributed by atoms with Crippen molar-refractivity contribution >= 4 is 11.1 Å². The van der Waals surface area contributed by atoms with E-state index in [1.807, 2.05) is 0 Å². The lowest BCUT2D eigenvalue weighted by molar-refractivity contribution is 1.35. The average molecular weight is 234 g/mol.